The average molecular weight is 287 g/mol. The number of carbonyl (C=O) groups is 2. The third-order valence-corrected chi connectivity index (χ3v) is 3.12. The molecule has 0 aliphatic heterocycles. The molecule has 0 aliphatic rings. The molecule has 2 amide bonds. The second-order valence-corrected chi connectivity index (χ2v) is 4.62. The van der Waals surface area contributed by atoms with E-state index < -0.39 is 0 Å². The molecule has 0 bridgehead atoms. The van der Waals surface area contributed by atoms with Crippen molar-refractivity contribution in [3.63, 3.8) is 0 Å². The minimum absolute atomic E-state index is 0.170. The molecular formula is C14H17N5O2. The smallest absolute Gasteiger partial charge is 0.253 e. The van der Waals surface area contributed by atoms with Crippen molar-refractivity contribution in [2.75, 3.05) is 23.9 Å². The van der Waals surface area contributed by atoms with Gasteiger partial charge in [-0.25, -0.2) is 0 Å². The van der Waals surface area contributed by atoms with Crippen LogP contribution in [0.1, 0.15) is 13.8 Å². The molecule has 1 heterocycles. The van der Waals surface area contributed by atoms with Gasteiger partial charge in [-0.15, -0.1) is 5.10 Å². The molecule has 2 rings (SSSR count). The van der Waals surface area contributed by atoms with Crippen molar-refractivity contribution in [1.29, 1.82) is 0 Å². The molecule has 0 N–H and O–H groups in total. The first-order chi connectivity index (χ1) is 9.91. The molecule has 2 aromatic rings. The highest BCUT2D eigenvalue weighted by atomic mass is 16.2. The first-order valence-corrected chi connectivity index (χ1v) is 6.43. The van der Waals surface area contributed by atoms with Gasteiger partial charge >= 0.3 is 0 Å². The lowest BCUT2D eigenvalue weighted by atomic mass is 10.3. The van der Waals surface area contributed by atoms with Crippen LogP contribution in [0, 0.1) is 0 Å². The number of benzene rings is 1. The fourth-order valence-electron chi connectivity index (χ4n) is 1.68. The second-order valence-electron chi connectivity index (χ2n) is 4.62. The van der Waals surface area contributed by atoms with E-state index in [9.17, 15) is 9.59 Å². The molecule has 1 aromatic heterocycles. The maximum absolute atomic E-state index is 11.6. The van der Waals surface area contributed by atoms with Crippen LogP contribution in [-0.2, 0) is 9.59 Å². The van der Waals surface area contributed by atoms with Gasteiger partial charge in [0.05, 0.1) is 5.69 Å². The van der Waals surface area contributed by atoms with Crippen LogP contribution in [0.25, 0.3) is 5.69 Å². The van der Waals surface area contributed by atoms with E-state index in [1.165, 1.54) is 28.3 Å². The Labute approximate surface area is 122 Å². The van der Waals surface area contributed by atoms with Crippen molar-refractivity contribution >= 4 is 23.7 Å². The number of amides is 2. The molecule has 110 valence electrons. The summed E-state index contributed by atoms with van der Waals surface area (Å²) in [6.07, 6.45) is 0. The van der Waals surface area contributed by atoms with Crippen LogP contribution in [-0.4, -0.2) is 40.7 Å². The van der Waals surface area contributed by atoms with Gasteiger partial charge in [-0.05, 0) is 12.1 Å². The van der Waals surface area contributed by atoms with Gasteiger partial charge in [-0.2, -0.15) is 9.67 Å². The third kappa shape index (κ3) is 2.91. The highest BCUT2D eigenvalue weighted by Crippen LogP contribution is 2.20. The molecule has 21 heavy (non-hydrogen) atoms. The van der Waals surface area contributed by atoms with Gasteiger partial charge in [0, 0.05) is 27.9 Å². The zero-order valence-corrected chi connectivity index (χ0v) is 12.4. The van der Waals surface area contributed by atoms with Crippen LogP contribution in [0.3, 0.4) is 0 Å². The van der Waals surface area contributed by atoms with E-state index >= 15 is 0 Å². The molecule has 0 unspecified atom stereocenters. The van der Waals surface area contributed by atoms with Crippen LogP contribution in [0.15, 0.2) is 30.3 Å². The summed E-state index contributed by atoms with van der Waals surface area (Å²) in [5.74, 6) is 0.250. The van der Waals surface area contributed by atoms with Crippen LogP contribution < -0.4 is 9.80 Å². The van der Waals surface area contributed by atoms with E-state index in [0.717, 1.165) is 5.69 Å². The Morgan fingerprint density at radius 1 is 1.00 bits per heavy atom. The standard InChI is InChI=1S/C14H17N5O2/c1-10(20)17(3)13-15-14(18(4)11(2)21)19(16-13)12-8-6-5-7-9-12/h5-9H,1-4H3. The minimum atomic E-state index is -0.183. The van der Waals surface area contributed by atoms with Crippen LogP contribution in [0.2, 0.25) is 0 Å². The van der Waals surface area contributed by atoms with Crippen LogP contribution in [0.4, 0.5) is 11.9 Å². The van der Waals surface area contributed by atoms with Gasteiger partial charge in [-0.3, -0.25) is 19.4 Å². The van der Waals surface area contributed by atoms with Gasteiger partial charge < -0.3 is 0 Å². The Balaban J connectivity index is 2.56. The monoisotopic (exact) mass is 287 g/mol. The summed E-state index contributed by atoms with van der Waals surface area (Å²) in [5.41, 5.74) is 0.760. The number of carbonyl (C=O) groups excluding carboxylic acids is 2. The van der Waals surface area contributed by atoms with Crippen molar-refractivity contribution in [2.24, 2.45) is 0 Å². The number of hydrogen-bond acceptors (Lipinski definition) is 4. The van der Waals surface area contributed by atoms with E-state index in [0.29, 0.717) is 5.95 Å². The molecule has 0 saturated heterocycles. The Morgan fingerprint density at radius 2 is 1.57 bits per heavy atom. The molecule has 7 heteroatoms. The number of para-hydroxylation sites is 1. The summed E-state index contributed by atoms with van der Waals surface area (Å²) in [7, 11) is 3.20. The Bertz CT molecular complexity index is 665. The van der Waals surface area contributed by atoms with Gasteiger partial charge in [0.15, 0.2) is 0 Å². The van der Waals surface area contributed by atoms with E-state index in [2.05, 4.69) is 10.1 Å². The molecule has 0 atom stereocenters. The normalized spacial score (nSPS) is 10.3. The van der Waals surface area contributed by atoms with E-state index in [1.54, 1.807) is 14.1 Å². The summed E-state index contributed by atoms with van der Waals surface area (Å²) in [5, 5.41) is 4.32. The molecule has 0 spiro atoms. The molecule has 0 radical (unpaired) electrons. The number of nitrogens with zero attached hydrogens (tertiary/aromatic N) is 5. The largest absolute Gasteiger partial charge is 0.284 e. The first-order valence-electron chi connectivity index (χ1n) is 6.43. The summed E-state index contributed by atoms with van der Waals surface area (Å²) in [4.78, 5) is 30.1. The zero-order valence-electron chi connectivity index (χ0n) is 12.4. The minimum Gasteiger partial charge on any atom is -0.284 e. The lowest BCUT2D eigenvalue weighted by molar-refractivity contribution is -0.117. The van der Waals surface area contributed by atoms with Crippen molar-refractivity contribution in [3.8, 4) is 5.69 Å². The van der Waals surface area contributed by atoms with E-state index in [-0.39, 0.29) is 17.8 Å². The van der Waals surface area contributed by atoms with Crippen molar-refractivity contribution in [3.05, 3.63) is 30.3 Å². The Kier molecular flexibility index (Phi) is 4.02. The van der Waals surface area contributed by atoms with Gasteiger partial charge in [0.2, 0.25) is 17.8 Å². The Hall–Kier alpha value is -2.70. The highest BCUT2D eigenvalue weighted by molar-refractivity contribution is 5.91. The molecule has 7 nitrogen and oxygen atoms in total. The molecular weight excluding hydrogens is 270 g/mol. The predicted octanol–water partition coefficient (Wildman–Crippen LogP) is 1.23. The molecule has 0 fully saturated rings. The predicted molar refractivity (Wildman–Crippen MR) is 79.5 cm³/mol. The first kappa shape index (κ1) is 14.7. The van der Waals surface area contributed by atoms with Gasteiger partial charge in [0.1, 0.15) is 0 Å². The topological polar surface area (TPSA) is 71.3 Å². The fourth-order valence-corrected chi connectivity index (χ4v) is 1.68. The fraction of sp³-hybridized carbons (Fsp3) is 0.286. The van der Waals surface area contributed by atoms with Crippen molar-refractivity contribution in [1.82, 2.24) is 14.8 Å². The van der Waals surface area contributed by atoms with Crippen LogP contribution in [0.5, 0.6) is 0 Å². The maximum Gasteiger partial charge on any atom is 0.253 e. The molecule has 1 aromatic carbocycles. The second kappa shape index (κ2) is 5.74. The lowest BCUT2D eigenvalue weighted by Crippen LogP contribution is -2.26. The molecule has 0 saturated carbocycles. The number of rotatable bonds is 3. The van der Waals surface area contributed by atoms with E-state index in [1.807, 2.05) is 30.3 Å². The molecule has 0 aliphatic carbocycles. The van der Waals surface area contributed by atoms with E-state index in [4.69, 9.17) is 0 Å². The zero-order chi connectivity index (χ0) is 15.6. The van der Waals surface area contributed by atoms with Gasteiger partial charge in [-0.1, -0.05) is 18.2 Å². The number of hydrogen-bond donors (Lipinski definition) is 0. The highest BCUT2D eigenvalue weighted by Gasteiger charge is 2.21. The third-order valence-electron chi connectivity index (χ3n) is 3.12. The Morgan fingerprint density at radius 3 is 2.10 bits per heavy atom. The maximum atomic E-state index is 11.6. The average Bonchev–Trinajstić information content (AvgIpc) is 2.91. The van der Waals surface area contributed by atoms with Crippen molar-refractivity contribution < 1.29 is 9.59 Å². The summed E-state index contributed by atoms with van der Waals surface area (Å²) in [6, 6.07) is 9.32. The quantitative estimate of drug-likeness (QED) is 0.851. The summed E-state index contributed by atoms with van der Waals surface area (Å²) in [6.45, 7) is 2.87. The summed E-state index contributed by atoms with van der Waals surface area (Å²) >= 11 is 0. The summed E-state index contributed by atoms with van der Waals surface area (Å²) < 4.78 is 1.54. The number of aromatic nitrogens is 3. The van der Waals surface area contributed by atoms with Crippen LogP contribution >= 0.6 is 0 Å². The van der Waals surface area contributed by atoms with Crippen molar-refractivity contribution in [2.45, 2.75) is 13.8 Å². The SMILES string of the molecule is CC(=O)N(C)c1nc(N(C)C(C)=O)n(-c2ccccc2)n1. The number of anilines is 2. The van der Waals surface area contributed by atoms with Gasteiger partial charge in [0.25, 0.3) is 5.95 Å². The lowest BCUT2D eigenvalue weighted by Gasteiger charge is -2.14.